The van der Waals surface area contributed by atoms with Crippen molar-refractivity contribution >= 4 is 5.97 Å². The van der Waals surface area contributed by atoms with Crippen molar-refractivity contribution < 1.29 is 29.6 Å². The number of hydrogen-bond acceptors (Lipinski definition) is 6. The van der Waals surface area contributed by atoms with Gasteiger partial charge in [0.2, 0.25) is 5.79 Å². The molecular formula is C11H16O6. The molecule has 0 aromatic rings. The third-order valence-electron chi connectivity index (χ3n) is 4.52. The lowest BCUT2D eigenvalue weighted by atomic mass is 9.62. The molecule has 0 aromatic heterocycles. The van der Waals surface area contributed by atoms with Crippen LogP contribution in [-0.4, -0.2) is 51.5 Å². The van der Waals surface area contributed by atoms with Gasteiger partial charge in [-0.1, -0.05) is 6.92 Å². The zero-order chi connectivity index (χ0) is 12.6. The van der Waals surface area contributed by atoms with Gasteiger partial charge in [-0.2, -0.15) is 0 Å². The normalized spacial score (nSPS) is 61.2. The standard InChI is InChI=1S/C11H16O6/c1-4-6-3-5(12)7(13)11(4)8(16-6)10(2,15)17-9(11)14/h4-8,12-13,15H,3H2,1-2H3/t4-,5+,6-,7+,8-,10?,11+/m1/s1. The first-order valence-corrected chi connectivity index (χ1v) is 5.79. The van der Waals surface area contributed by atoms with Crippen LogP contribution in [0.25, 0.3) is 0 Å². The molecule has 2 bridgehead atoms. The minimum Gasteiger partial charge on any atom is -0.430 e. The minimum atomic E-state index is -1.74. The zero-order valence-electron chi connectivity index (χ0n) is 9.66. The van der Waals surface area contributed by atoms with Crippen molar-refractivity contribution in [2.75, 3.05) is 0 Å². The molecule has 7 atom stereocenters. The number of rotatable bonds is 0. The van der Waals surface area contributed by atoms with Crippen LogP contribution in [0.15, 0.2) is 0 Å². The summed E-state index contributed by atoms with van der Waals surface area (Å²) in [5, 5.41) is 30.0. The molecule has 2 heterocycles. The van der Waals surface area contributed by atoms with E-state index < -0.39 is 35.5 Å². The van der Waals surface area contributed by atoms with Crippen LogP contribution >= 0.6 is 0 Å². The quantitative estimate of drug-likeness (QED) is 0.462. The fourth-order valence-corrected chi connectivity index (χ4v) is 3.63. The second-order valence-electron chi connectivity index (χ2n) is 5.47. The molecule has 3 rings (SSSR count). The van der Waals surface area contributed by atoms with Crippen LogP contribution < -0.4 is 0 Å². The molecule has 6 nitrogen and oxygen atoms in total. The molecule has 1 aliphatic carbocycles. The Labute approximate surface area is 98.1 Å². The molecule has 1 unspecified atom stereocenters. The van der Waals surface area contributed by atoms with E-state index in [1.165, 1.54) is 6.92 Å². The van der Waals surface area contributed by atoms with Crippen LogP contribution in [-0.2, 0) is 14.3 Å². The summed E-state index contributed by atoms with van der Waals surface area (Å²) in [6.45, 7) is 3.12. The summed E-state index contributed by atoms with van der Waals surface area (Å²) in [7, 11) is 0. The molecule has 3 N–H and O–H groups in total. The van der Waals surface area contributed by atoms with E-state index in [9.17, 15) is 20.1 Å². The SMILES string of the molecule is C[C@@H]1[C@H]2C[C@H](O)[C@H](O)[C@@]13C(=O)OC(C)(O)[C@H]3O2. The van der Waals surface area contributed by atoms with Crippen LogP contribution in [0.4, 0.5) is 0 Å². The van der Waals surface area contributed by atoms with Crippen molar-refractivity contribution in [1.29, 1.82) is 0 Å². The van der Waals surface area contributed by atoms with Crippen LogP contribution in [0.3, 0.4) is 0 Å². The zero-order valence-corrected chi connectivity index (χ0v) is 9.66. The summed E-state index contributed by atoms with van der Waals surface area (Å²) in [4.78, 5) is 12.0. The smallest absolute Gasteiger partial charge is 0.320 e. The lowest BCUT2D eigenvalue weighted by Gasteiger charge is -2.40. The maximum atomic E-state index is 12.0. The maximum Gasteiger partial charge on any atom is 0.320 e. The number of ether oxygens (including phenoxy) is 2. The van der Waals surface area contributed by atoms with Gasteiger partial charge in [0.15, 0.2) is 0 Å². The van der Waals surface area contributed by atoms with Gasteiger partial charge in [-0.05, 0) is 0 Å². The van der Waals surface area contributed by atoms with Crippen LogP contribution in [0.2, 0.25) is 0 Å². The molecule has 0 radical (unpaired) electrons. The first kappa shape index (κ1) is 11.4. The number of carbonyl (C=O) groups excluding carboxylic acids is 1. The van der Waals surface area contributed by atoms with E-state index in [4.69, 9.17) is 9.47 Å². The van der Waals surface area contributed by atoms with Crippen molar-refractivity contribution in [3.63, 3.8) is 0 Å². The van der Waals surface area contributed by atoms with Crippen molar-refractivity contribution in [2.45, 2.75) is 50.5 Å². The number of carbonyl (C=O) groups is 1. The van der Waals surface area contributed by atoms with Gasteiger partial charge >= 0.3 is 5.97 Å². The predicted molar refractivity (Wildman–Crippen MR) is 53.6 cm³/mol. The Bertz CT molecular complexity index is 380. The van der Waals surface area contributed by atoms with Gasteiger partial charge in [-0.25, -0.2) is 0 Å². The molecule has 1 saturated carbocycles. The highest BCUT2D eigenvalue weighted by molar-refractivity contribution is 5.83. The third-order valence-corrected chi connectivity index (χ3v) is 4.52. The summed E-state index contributed by atoms with van der Waals surface area (Å²) in [6, 6.07) is 0. The van der Waals surface area contributed by atoms with Gasteiger partial charge in [0.25, 0.3) is 0 Å². The number of cyclic esters (lactones) is 1. The van der Waals surface area contributed by atoms with Gasteiger partial charge in [-0.15, -0.1) is 0 Å². The van der Waals surface area contributed by atoms with Crippen molar-refractivity contribution in [2.24, 2.45) is 11.3 Å². The van der Waals surface area contributed by atoms with E-state index in [0.717, 1.165) is 0 Å². The van der Waals surface area contributed by atoms with E-state index >= 15 is 0 Å². The van der Waals surface area contributed by atoms with Gasteiger partial charge < -0.3 is 24.8 Å². The number of aliphatic hydroxyl groups is 3. The van der Waals surface area contributed by atoms with Crippen molar-refractivity contribution in [3.8, 4) is 0 Å². The molecule has 0 aromatic carbocycles. The highest BCUT2D eigenvalue weighted by Gasteiger charge is 2.77. The number of fused-ring (bicyclic) bond motifs is 1. The molecular weight excluding hydrogens is 228 g/mol. The maximum absolute atomic E-state index is 12.0. The monoisotopic (exact) mass is 244 g/mol. The number of hydrogen-bond donors (Lipinski definition) is 3. The Hall–Kier alpha value is -0.690. The van der Waals surface area contributed by atoms with Crippen LogP contribution in [0.5, 0.6) is 0 Å². The molecule has 6 heteroatoms. The first-order valence-electron chi connectivity index (χ1n) is 5.79. The second-order valence-corrected chi connectivity index (χ2v) is 5.47. The van der Waals surface area contributed by atoms with Gasteiger partial charge in [0.1, 0.15) is 11.5 Å². The number of aliphatic hydroxyl groups excluding tert-OH is 2. The number of esters is 1. The molecule has 2 saturated heterocycles. The predicted octanol–water partition coefficient (Wildman–Crippen LogP) is -1.23. The highest BCUT2D eigenvalue weighted by atomic mass is 16.7. The molecule has 17 heavy (non-hydrogen) atoms. The van der Waals surface area contributed by atoms with E-state index in [2.05, 4.69) is 0 Å². The van der Waals surface area contributed by atoms with Gasteiger partial charge in [0, 0.05) is 19.3 Å². The summed E-state index contributed by atoms with van der Waals surface area (Å²) in [5.41, 5.74) is -1.34. The van der Waals surface area contributed by atoms with Crippen LogP contribution in [0, 0.1) is 11.3 Å². The first-order chi connectivity index (χ1) is 7.81. The molecule has 2 aliphatic heterocycles. The summed E-state index contributed by atoms with van der Waals surface area (Å²) < 4.78 is 10.5. The van der Waals surface area contributed by atoms with E-state index in [-0.39, 0.29) is 18.4 Å². The van der Waals surface area contributed by atoms with E-state index in [1.807, 2.05) is 0 Å². The summed E-state index contributed by atoms with van der Waals surface area (Å²) in [6.07, 6.45) is -3.28. The fourth-order valence-electron chi connectivity index (χ4n) is 3.63. The molecule has 1 spiro atoms. The van der Waals surface area contributed by atoms with Gasteiger partial charge in [0.05, 0.1) is 18.3 Å². The Kier molecular flexibility index (Phi) is 2.01. The van der Waals surface area contributed by atoms with Crippen molar-refractivity contribution in [1.82, 2.24) is 0 Å². The lowest BCUT2D eigenvalue weighted by molar-refractivity contribution is -0.217. The van der Waals surface area contributed by atoms with Gasteiger partial charge in [-0.3, -0.25) is 4.79 Å². The summed E-state index contributed by atoms with van der Waals surface area (Å²) >= 11 is 0. The average Bonchev–Trinajstić information content (AvgIpc) is 2.55. The highest BCUT2D eigenvalue weighted by Crippen LogP contribution is 2.59. The minimum absolute atomic E-state index is 0.268. The Morgan fingerprint density at radius 2 is 2.06 bits per heavy atom. The van der Waals surface area contributed by atoms with Crippen molar-refractivity contribution in [3.05, 3.63) is 0 Å². The Balaban J connectivity index is 2.15. The Morgan fingerprint density at radius 1 is 1.41 bits per heavy atom. The largest absolute Gasteiger partial charge is 0.430 e. The van der Waals surface area contributed by atoms with E-state index in [0.29, 0.717) is 0 Å². The van der Waals surface area contributed by atoms with Crippen LogP contribution in [0.1, 0.15) is 20.3 Å². The molecule has 0 amide bonds. The molecule has 96 valence electrons. The third kappa shape index (κ3) is 1.07. The second kappa shape index (κ2) is 3.00. The summed E-state index contributed by atoms with van der Waals surface area (Å²) in [5.74, 6) is -2.72. The molecule has 3 fully saturated rings. The molecule has 3 aliphatic rings. The topological polar surface area (TPSA) is 96.2 Å². The Morgan fingerprint density at radius 3 is 2.71 bits per heavy atom. The van der Waals surface area contributed by atoms with E-state index in [1.54, 1.807) is 6.92 Å². The average molecular weight is 244 g/mol. The lowest BCUT2D eigenvalue weighted by Crippen LogP contribution is -2.58. The fraction of sp³-hybridized carbons (Fsp3) is 0.909.